The zero-order valence-corrected chi connectivity index (χ0v) is 12.4. The summed E-state index contributed by atoms with van der Waals surface area (Å²) in [5.74, 6) is -0.176. The van der Waals surface area contributed by atoms with Crippen molar-refractivity contribution in [3.8, 4) is 17.2 Å². The van der Waals surface area contributed by atoms with Crippen molar-refractivity contribution in [3.05, 3.63) is 59.3 Å². The maximum Gasteiger partial charge on any atom is 0.267 e. The first-order valence-corrected chi connectivity index (χ1v) is 6.98. The Labute approximate surface area is 128 Å². The number of aryl methyl sites for hydroxylation is 1. The van der Waals surface area contributed by atoms with Crippen LogP contribution in [-0.4, -0.2) is 17.9 Å². The van der Waals surface area contributed by atoms with Crippen molar-refractivity contribution < 1.29 is 4.79 Å². The third-order valence-electron chi connectivity index (χ3n) is 3.69. The van der Waals surface area contributed by atoms with Crippen LogP contribution in [0.25, 0.3) is 22.0 Å². The Morgan fingerprint density at radius 3 is 2.55 bits per heavy atom. The van der Waals surface area contributed by atoms with Gasteiger partial charge in [0.05, 0.1) is 17.1 Å². The molecule has 108 valence electrons. The molecular weight excluding hydrogens is 274 g/mol. The van der Waals surface area contributed by atoms with E-state index in [2.05, 4.69) is 16.4 Å². The maximum atomic E-state index is 11.8. The highest BCUT2D eigenvalue weighted by Crippen LogP contribution is 2.30. The molecule has 3 aromatic rings. The Hall–Kier alpha value is -3.06. The van der Waals surface area contributed by atoms with Crippen LogP contribution in [0.5, 0.6) is 0 Å². The van der Waals surface area contributed by atoms with Crippen molar-refractivity contribution in [1.29, 1.82) is 5.26 Å². The molecule has 2 aromatic carbocycles. The molecule has 0 saturated heterocycles. The molecule has 0 aliphatic heterocycles. The van der Waals surface area contributed by atoms with Gasteiger partial charge in [-0.25, -0.2) is 0 Å². The number of amides is 1. The van der Waals surface area contributed by atoms with E-state index >= 15 is 0 Å². The standard InChI is InChI=1S/C18H15N3O/c1-11-3-5-13(6-4-11)15-8-12(10-19)7-14-9-16(18(22)20-2)21-17(14)15/h3-9,21H,1-2H3,(H,20,22). The number of rotatable bonds is 2. The number of carbonyl (C=O) groups excluding carboxylic acids is 1. The number of carbonyl (C=O) groups is 1. The molecule has 1 heterocycles. The zero-order chi connectivity index (χ0) is 15.7. The van der Waals surface area contributed by atoms with E-state index in [1.165, 1.54) is 5.56 Å². The SMILES string of the molecule is CNC(=O)c1cc2cc(C#N)cc(-c3ccc(C)cc3)c2[nH]1. The van der Waals surface area contributed by atoms with E-state index in [0.717, 1.165) is 22.0 Å². The van der Waals surface area contributed by atoms with Crippen molar-refractivity contribution in [1.82, 2.24) is 10.3 Å². The molecule has 1 amide bonds. The van der Waals surface area contributed by atoms with Crippen LogP contribution in [0.4, 0.5) is 0 Å². The highest BCUT2D eigenvalue weighted by molar-refractivity contribution is 6.02. The minimum absolute atomic E-state index is 0.176. The summed E-state index contributed by atoms with van der Waals surface area (Å²) in [6.45, 7) is 2.03. The molecule has 0 spiro atoms. The van der Waals surface area contributed by atoms with Gasteiger partial charge in [-0.1, -0.05) is 29.8 Å². The van der Waals surface area contributed by atoms with Gasteiger partial charge in [0.25, 0.3) is 5.91 Å². The maximum absolute atomic E-state index is 11.8. The van der Waals surface area contributed by atoms with Crippen LogP contribution in [0.1, 0.15) is 21.6 Å². The molecule has 1 aromatic heterocycles. The monoisotopic (exact) mass is 289 g/mol. The van der Waals surface area contributed by atoms with E-state index in [1.54, 1.807) is 19.2 Å². The van der Waals surface area contributed by atoms with Crippen molar-refractivity contribution >= 4 is 16.8 Å². The molecule has 0 bridgehead atoms. The number of aromatic nitrogens is 1. The lowest BCUT2D eigenvalue weighted by molar-refractivity contribution is 0.0959. The molecule has 4 nitrogen and oxygen atoms in total. The predicted octanol–water partition coefficient (Wildman–Crippen LogP) is 3.37. The highest BCUT2D eigenvalue weighted by atomic mass is 16.1. The Kier molecular flexibility index (Phi) is 3.40. The van der Waals surface area contributed by atoms with Crippen molar-refractivity contribution in [3.63, 3.8) is 0 Å². The van der Waals surface area contributed by atoms with E-state index < -0.39 is 0 Å². The molecule has 4 heteroatoms. The Balaban J connectivity index is 2.27. The van der Waals surface area contributed by atoms with Gasteiger partial charge >= 0.3 is 0 Å². The summed E-state index contributed by atoms with van der Waals surface area (Å²) in [5.41, 5.74) is 5.03. The minimum atomic E-state index is -0.176. The lowest BCUT2D eigenvalue weighted by Crippen LogP contribution is -2.17. The number of nitrogens with one attached hydrogen (secondary N) is 2. The van der Waals surface area contributed by atoms with Crippen LogP contribution in [-0.2, 0) is 0 Å². The quantitative estimate of drug-likeness (QED) is 0.759. The topological polar surface area (TPSA) is 68.7 Å². The van der Waals surface area contributed by atoms with Gasteiger partial charge in [-0.3, -0.25) is 4.79 Å². The Morgan fingerprint density at radius 2 is 1.91 bits per heavy atom. The third-order valence-corrected chi connectivity index (χ3v) is 3.69. The van der Waals surface area contributed by atoms with Crippen LogP contribution in [0.2, 0.25) is 0 Å². The summed E-state index contributed by atoms with van der Waals surface area (Å²) < 4.78 is 0. The molecule has 0 atom stereocenters. The predicted molar refractivity (Wildman–Crippen MR) is 86.6 cm³/mol. The second-order valence-electron chi connectivity index (χ2n) is 5.23. The van der Waals surface area contributed by atoms with Crippen molar-refractivity contribution in [2.75, 3.05) is 7.05 Å². The number of nitrogens with zero attached hydrogens (tertiary/aromatic N) is 1. The molecule has 3 rings (SSSR count). The smallest absolute Gasteiger partial charge is 0.267 e. The van der Waals surface area contributed by atoms with Crippen LogP contribution in [0, 0.1) is 18.3 Å². The number of fused-ring (bicyclic) bond motifs is 1. The van der Waals surface area contributed by atoms with Gasteiger partial charge < -0.3 is 10.3 Å². The fourth-order valence-corrected chi connectivity index (χ4v) is 2.53. The second kappa shape index (κ2) is 5.38. The lowest BCUT2D eigenvalue weighted by atomic mass is 9.99. The minimum Gasteiger partial charge on any atom is -0.354 e. The first-order chi connectivity index (χ1) is 10.6. The van der Waals surface area contributed by atoms with E-state index in [0.29, 0.717) is 11.3 Å². The molecule has 0 unspecified atom stereocenters. The number of hydrogen-bond donors (Lipinski definition) is 2. The average Bonchev–Trinajstić information content (AvgIpc) is 2.98. The van der Waals surface area contributed by atoms with E-state index in [1.807, 2.05) is 37.3 Å². The molecule has 22 heavy (non-hydrogen) atoms. The van der Waals surface area contributed by atoms with Gasteiger partial charge in [-0.15, -0.1) is 0 Å². The Bertz CT molecular complexity index is 898. The van der Waals surface area contributed by atoms with Crippen molar-refractivity contribution in [2.45, 2.75) is 6.92 Å². The first-order valence-electron chi connectivity index (χ1n) is 6.98. The highest BCUT2D eigenvalue weighted by Gasteiger charge is 2.13. The Morgan fingerprint density at radius 1 is 1.18 bits per heavy atom. The van der Waals surface area contributed by atoms with Gasteiger partial charge in [0, 0.05) is 18.0 Å². The van der Waals surface area contributed by atoms with Crippen LogP contribution in [0.3, 0.4) is 0 Å². The summed E-state index contributed by atoms with van der Waals surface area (Å²) in [6, 6.07) is 15.7. The lowest BCUT2D eigenvalue weighted by Gasteiger charge is -2.05. The van der Waals surface area contributed by atoms with Crippen LogP contribution in [0.15, 0.2) is 42.5 Å². The van der Waals surface area contributed by atoms with Gasteiger partial charge in [-0.05, 0) is 30.7 Å². The molecule has 0 aliphatic carbocycles. The number of H-pyrrole nitrogens is 1. The number of nitriles is 1. The van der Waals surface area contributed by atoms with Gasteiger partial charge in [0.15, 0.2) is 0 Å². The average molecular weight is 289 g/mol. The van der Waals surface area contributed by atoms with Gasteiger partial charge in [-0.2, -0.15) is 5.26 Å². The van der Waals surface area contributed by atoms with Gasteiger partial charge in [0.1, 0.15) is 5.69 Å². The summed E-state index contributed by atoms with van der Waals surface area (Å²) in [6.07, 6.45) is 0. The van der Waals surface area contributed by atoms with E-state index in [9.17, 15) is 10.1 Å². The number of hydrogen-bond acceptors (Lipinski definition) is 2. The molecule has 2 N–H and O–H groups in total. The fourth-order valence-electron chi connectivity index (χ4n) is 2.53. The first kappa shape index (κ1) is 13.9. The summed E-state index contributed by atoms with van der Waals surface area (Å²) in [7, 11) is 1.59. The van der Waals surface area contributed by atoms with Crippen molar-refractivity contribution in [2.24, 2.45) is 0 Å². The number of aromatic amines is 1. The fraction of sp³-hybridized carbons (Fsp3) is 0.111. The summed E-state index contributed by atoms with van der Waals surface area (Å²) in [5, 5.41) is 12.7. The molecule has 0 saturated carbocycles. The largest absolute Gasteiger partial charge is 0.354 e. The van der Waals surface area contributed by atoms with Crippen LogP contribution >= 0.6 is 0 Å². The third kappa shape index (κ3) is 2.33. The number of benzene rings is 2. The van der Waals surface area contributed by atoms with Crippen LogP contribution < -0.4 is 5.32 Å². The zero-order valence-electron chi connectivity index (χ0n) is 12.4. The second-order valence-corrected chi connectivity index (χ2v) is 5.23. The molecule has 0 radical (unpaired) electrons. The normalized spacial score (nSPS) is 10.4. The molecule has 0 fully saturated rings. The summed E-state index contributed by atoms with van der Waals surface area (Å²) >= 11 is 0. The van der Waals surface area contributed by atoms with E-state index in [-0.39, 0.29) is 5.91 Å². The van der Waals surface area contributed by atoms with E-state index in [4.69, 9.17) is 0 Å². The molecular formula is C18H15N3O. The van der Waals surface area contributed by atoms with Gasteiger partial charge in [0.2, 0.25) is 0 Å². The summed E-state index contributed by atoms with van der Waals surface area (Å²) in [4.78, 5) is 15.0. The molecule has 0 aliphatic rings.